The summed E-state index contributed by atoms with van der Waals surface area (Å²) < 4.78 is 5.31. The molecular weight excluding hydrogens is 328 g/mol. The molecule has 142 valence electrons. The van der Waals surface area contributed by atoms with E-state index in [-0.39, 0.29) is 11.8 Å². The van der Waals surface area contributed by atoms with Crippen LogP contribution in [0.4, 0.5) is 0 Å². The van der Waals surface area contributed by atoms with Crippen LogP contribution in [0.25, 0.3) is 0 Å². The Balaban J connectivity index is 2.24. The number of methoxy groups -OCH3 is 1. The van der Waals surface area contributed by atoms with Crippen molar-refractivity contribution < 1.29 is 14.3 Å². The van der Waals surface area contributed by atoms with Crippen LogP contribution in [-0.2, 0) is 4.79 Å². The minimum atomic E-state index is -0.574. The van der Waals surface area contributed by atoms with Crippen molar-refractivity contribution in [2.45, 2.75) is 64.8 Å². The van der Waals surface area contributed by atoms with Crippen LogP contribution in [0.2, 0.25) is 0 Å². The Morgan fingerprint density at radius 3 is 2.46 bits per heavy atom. The molecule has 0 aliphatic heterocycles. The second-order valence-electron chi connectivity index (χ2n) is 7.63. The van der Waals surface area contributed by atoms with Crippen molar-refractivity contribution in [2.75, 3.05) is 7.11 Å². The molecule has 0 heterocycles. The number of allylic oxidation sites excluding steroid dienone is 1. The zero-order valence-electron chi connectivity index (χ0n) is 16.3. The van der Waals surface area contributed by atoms with Gasteiger partial charge in [0.25, 0.3) is 11.8 Å². The standard InChI is InChI=1S/C21H30N2O3/c1-21(2,3)23(20(25)17-14-10-11-15-18(17)26-4)22-19(24)16-12-8-6-5-7-9-13-16/h10-12,14-15H,5-9,13H2,1-4H3,(H,22,24). The number of benzene rings is 1. The van der Waals surface area contributed by atoms with Crippen molar-refractivity contribution in [3.63, 3.8) is 0 Å². The van der Waals surface area contributed by atoms with Crippen LogP contribution in [0.1, 0.15) is 69.7 Å². The lowest BCUT2D eigenvalue weighted by Crippen LogP contribution is -2.56. The number of carbonyl (C=O) groups excluding carboxylic acids is 2. The SMILES string of the molecule is COc1ccccc1C(=O)N(NC(=O)C1=CCCCCCC1)C(C)(C)C. The van der Waals surface area contributed by atoms with Crippen molar-refractivity contribution in [1.82, 2.24) is 10.4 Å². The fraction of sp³-hybridized carbons (Fsp3) is 0.524. The number of para-hydroxylation sites is 1. The summed E-state index contributed by atoms with van der Waals surface area (Å²) in [5.41, 5.74) is 3.47. The number of amides is 2. The first-order chi connectivity index (χ1) is 12.3. The molecule has 0 saturated carbocycles. The van der Waals surface area contributed by atoms with Crippen molar-refractivity contribution in [3.05, 3.63) is 41.5 Å². The quantitative estimate of drug-likeness (QED) is 0.822. The lowest BCUT2D eigenvalue weighted by Gasteiger charge is -2.36. The topological polar surface area (TPSA) is 58.6 Å². The van der Waals surface area contributed by atoms with E-state index >= 15 is 0 Å². The summed E-state index contributed by atoms with van der Waals surface area (Å²) in [5.74, 6) is 0.0194. The molecule has 0 bridgehead atoms. The number of hydrogen-bond acceptors (Lipinski definition) is 3. The van der Waals surface area contributed by atoms with E-state index in [9.17, 15) is 9.59 Å². The molecule has 1 N–H and O–H groups in total. The van der Waals surface area contributed by atoms with Gasteiger partial charge in [0.15, 0.2) is 0 Å². The first kappa shape index (κ1) is 20.0. The van der Waals surface area contributed by atoms with Crippen LogP contribution in [0, 0.1) is 0 Å². The van der Waals surface area contributed by atoms with Gasteiger partial charge in [0, 0.05) is 5.57 Å². The lowest BCUT2D eigenvalue weighted by molar-refractivity contribution is -0.123. The fourth-order valence-electron chi connectivity index (χ4n) is 3.04. The van der Waals surface area contributed by atoms with Crippen LogP contribution in [0.15, 0.2) is 35.9 Å². The van der Waals surface area contributed by atoms with Crippen LogP contribution in [-0.4, -0.2) is 29.5 Å². The van der Waals surface area contributed by atoms with E-state index in [4.69, 9.17) is 4.74 Å². The van der Waals surface area contributed by atoms with Gasteiger partial charge in [-0.2, -0.15) is 0 Å². The minimum absolute atomic E-state index is 0.190. The molecule has 0 aromatic heterocycles. The summed E-state index contributed by atoms with van der Waals surface area (Å²) in [6.45, 7) is 5.69. The number of rotatable bonds is 3. The normalized spacial score (nSPS) is 15.3. The second-order valence-corrected chi connectivity index (χ2v) is 7.63. The van der Waals surface area contributed by atoms with Gasteiger partial charge in [-0.25, -0.2) is 5.01 Å². The zero-order chi connectivity index (χ0) is 19.2. The molecule has 0 unspecified atom stereocenters. The molecule has 0 spiro atoms. The smallest absolute Gasteiger partial charge is 0.276 e. The van der Waals surface area contributed by atoms with Crippen molar-refractivity contribution in [2.24, 2.45) is 0 Å². The molecular formula is C21H30N2O3. The highest BCUT2D eigenvalue weighted by Gasteiger charge is 2.31. The van der Waals surface area contributed by atoms with E-state index in [1.165, 1.54) is 18.5 Å². The molecule has 0 atom stereocenters. The average Bonchev–Trinajstić information content (AvgIpc) is 2.57. The second kappa shape index (κ2) is 8.88. The van der Waals surface area contributed by atoms with Crippen molar-refractivity contribution in [3.8, 4) is 5.75 Å². The average molecular weight is 358 g/mol. The summed E-state index contributed by atoms with van der Waals surface area (Å²) >= 11 is 0. The monoisotopic (exact) mass is 358 g/mol. The van der Waals surface area contributed by atoms with Gasteiger partial charge >= 0.3 is 0 Å². The molecule has 0 saturated heterocycles. The number of ether oxygens (including phenoxy) is 1. The minimum Gasteiger partial charge on any atom is -0.496 e. The van der Waals surface area contributed by atoms with Gasteiger partial charge in [-0.3, -0.25) is 15.0 Å². The lowest BCUT2D eigenvalue weighted by atomic mass is 9.99. The van der Waals surface area contributed by atoms with Gasteiger partial charge in [0.1, 0.15) is 5.75 Å². The highest BCUT2D eigenvalue weighted by Crippen LogP contribution is 2.23. The van der Waals surface area contributed by atoms with Gasteiger partial charge in [-0.15, -0.1) is 0 Å². The van der Waals surface area contributed by atoms with Crippen molar-refractivity contribution in [1.29, 1.82) is 0 Å². The molecule has 26 heavy (non-hydrogen) atoms. The highest BCUT2D eigenvalue weighted by molar-refractivity contribution is 6.00. The maximum atomic E-state index is 13.1. The summed E-state index contributed by atoms with van der Waals surface area (Å²) in [4.78, 5) is 25.9. The maximum absolute atomic E-state index is 13.1. The summed E-state index contributed by atoms with van der Waals surface area (Å²) in [7, 11) is 1.53. The molecule has 2 amide bonds. The van der Waals surface area contributed by atoms with Gasteiger partial charge in [0.2, 0.25) is 0 Å². The van der Waals surface area contributed by atoms with Crippen LogP contribution in [0.3, 0.4) is 0 Å². The van der Waals surface area contributed by atoms with E-state index in [1.54, 1.807) is 18.2 Å². The third kappa shape index (κ3) is 5.10. The van der Waals surface area contributed by atoms with Gasteiger partial charge in [0.05, 0.1) is 18.2 Å². The number of nitrogens with one attached hydrogen (secondary N) is 1. The molecule has 1 aromatic carbocycles. The Bertz CT molecular complexity index is 674. The summed E-state index contributed by atoms with van der Waals surface area (Å²) in [6.07, 6.45) is 8.17. The molecule has 0 fully saturated rings. The summed E-state index contributed by atoms with van der Waals surface area (Å²) in [5, 5.41) is 1.41. The third-order valence-corrected chi connectivity index (χ3v) is 4.51. The Morgan fingerprint density at radius 2 is 1.77 bits per heavy atom. The van der Waals surface area contributed by atoms with Crippen LogP contribution >= 0.6 is 0 Å². The van der Waals surface area contributed by atoms with Gasteiger partial charge in [-0.05, 0) is 58.6 Å². The number of carbonyl (C=O) groups is 2. The molecule has 1 aliphatic carbocycles. The maximum Gasteiger partial charge on any atom is 0.276 e. The molecule has 5 nitrogen and oxygen atoms in total. The Hall–Kier alpha value is -2.30. The van der Waals surface area contributed by atoms with Gasteiger partial charge in [-0.1, -0.05) is 31.1 Å². The largest absolute Gasteiger partial charge is 0.496 e. The first-order valence-corrected chi connectivity index (χ1v) is 9.32. The molecule has 0 radical (unpaired) electrons. The first-order valence-electron chi connectivity index (χ1n) is 9.32. The number of hydrogen-bond donors (Lipinski definition) is 1. The molecule has 1 aromatic rings. The van der Waals surface area contributed by atoms with Gasteiger partial charge < -0.3 is 4.74 Å². The van der Waals surface area contributed by atoms with Crippen molar-refractivity contribution >= 4 is 11.8 Å². The Morgan fingerprint density at radius 1 is 1.08 bits per heavy atom. The third-order valence-electron chi connectivity index (χ3n) is 4.51. The Kier molecular flexibility index (Phi) is 6.83. The van der Waals surface area contributed by atoms with Crippen LogP contribution < -0.4 is 10.2 Å². The van der Waals surface area contributed by atoms with E-state index in [0.717, 1.165) is 37.7 Å². The zero-order valence-corrected chi connectivity index (χ0v) is 16.3. The van der Waals surface area contributed by atoms with E-state index < -0.39 is 5.54 Å². The molecule has 1 aliphatic rings. The highest BCUT2D eigenvalue weighted by atomic mass is 16.5. The molecule has 2 rings (SSSR count). The van der Waals surface area contributed by atoms with E-state index in [1.807, 2.05) is 32.9 Å². The van der Waals surface area contributed by atoms with E-state index in [0.29, 0.717) is 11.3 Å². The number of nitrogens with zero attached hydrogens (tertiary/aromatic N) is 1. The fourth-order valence-corrected chi connectivity index (χ4v) is 3.04. The molecule has 5 heteroatoms. The summed E-state index contributed by atoms with van der Waals surface area (Å²) in [6, 6.07) is 7.05. The predicted octanol–water partition coefficient (Wildman–Crippen LogP) is 4.25. The predicted molar refractivity (Wildman–Crippen MR) is 103 cm³/mol. The number of hydrazine groups is 1. The van der Waals surface area contributed by atoms with Crippen LogP contribution in [0.5, 0.6) is 5.75 Å². The van der Waals surface area contributed by atoms with E-state index in [2.05, 4.69) is 5.43 Å². The Labute approximate surface area is 156 Å².